The van der Waals surface area contributed by atoms with Crippen molar-refractivity contribution in [1.29, 1.82) is 0 Å². The van der Waals surface area contributed by atoms with Crippen molar-refractivity contribution in [2.75, 3.05) is 42.4 Å². The Bertz CT molecular complexity index is 558. The fourth-order valence-electron chi connectivity index (χ4n) is 1.93. The van der Waals surface area contributed by atoms with E-state index in [4.69, 9.17) is 4.55 Å². The SMILES string of the molecule is CN(c1ccc(N2CC[N]CC2)c(F)c1)S(=O)(=O)O. The molecule has 8 heteroatoms. The van der Waals surface area contributed by atoms with Crippen molar-refractivity contribution in [3.63, 3.8) is 0 Å². The highest BCUT2D eigenvalue weighted by Gasteiger charge is 2.19. The first-order chi connectivity index (χ1) is 8.89. The van der Waals surface area contributed by atoms with Crippen LogP contribution in [0.1, 0.15) is 0 Å². The predicted octanol–water partition coefficient (Wildman–Crippen LogP) is 0.489. The second-order valence-corrected chi connectivity index (χ2v) is 5.68. The van der Waals surface area contributed by atoms with E-state index in [1.165, 1.54) is 12.1 Å². The van der Waals surface area contributed by atoms with Crippen molar-refractivity contribution < 1.29 is 17.4 Å². The summed E-state index contributed by atoms with van der Waals surface area (Å²) in [6.45, 7) is 2.60. The lowest BCUT2D eigenvalue weighted by molar-refractivity contribution is 0.481. The zero-order valence-electron chi connectivity index (χ0n) is 10.5. The zero-order chi connectivity index (χ0) is 14.0. The van der Waals surface area contributed by atoms with Crippen molar-refractivity contribution in [2.45, 2.75) is 0 Å². The van der Waals surface area contributed by atoms with Crippen LogP contribution in [0.4, 0.5) is 15.8 Å². The molecule has 105 valence electrons. The minimum Gasteiger partial charge on any atom is -0.366 e. The van der Waals surface area contributed by atoms with Gasteiger partial charge in [-0.1, -0.05) is 0 Å². The maximum Gasteiger partial charge on any atom is 0.359 e. The Morgan fingerprint density at radius 2 is 2.00 bits per heavy atom. The first kappa shape index (κ1) is 14.0. The molecule has 0 aliphatic carbocycles. The molecule has 1 aromatic rings. The molecule has 1 aliphatic rings. The summed E-state index contributed by atoms with van der Waals surface area (Å²) in [7, 11) is -3.22. The van der Waals surface area contributed by atoms with E-state index in [0.717, 1.165) is 13.1 Å². The molecule has 0 atom stereocenters. The lowest BCUT2D eigenvalue weighted by atomic mass is 10.2. The molecule has 0 amide bonds. The van der Waals surface area contributed by atoms with Gasteiger partial charge in [-0.05, 0) is 12.1 Å². The Morgan fingerprint density at radius 1 is 1.37 bits per heavy atom. The molecule has 1 N–H and O–H groups in total. The summed E-state index contributed by atoms with van der Waals surface area (Å²) in [6.07, 6.45) is 0. The smallest absolute Gasteiger partial charge is 0.359 e. The van der Waals surface area contributed by atoms with Gasteiger partial charge in [-0.25, -0.2) is 9.71 Å². The average Bonchev–Trinajstić information content (AvgIpc) is 2.37. The molecule has 0 bridgehead atoms. The molecule has 1 heterocycles. The standard InChI is InChI=1S/C11H15FN3O3S/c1-14(19(16,17)18)9-2-3-11(10(12)8-9)15-6-4-13-5-7-15/h2-3,8H,4-7H2,1H3,(H,16,17,18). The molecule has 0 spiro atoms. The Balaban J connectivity index is 2.26. The summed E-state index contributed by atoms with van der Waals surface area (Å²) in [5, 5.41) is 4.18. The van der Waals surface area contributed by atoms with Gasteiger partial charge in [-0.2, -0.15) is 8.42 Å². The molecule has 6 nitrogen and oxygen atoms in total. The molecular weight excluding hydrogens is 273 g/mol. The maximum absolute atomic E-state index is 14.0. The van der Waals surface area contributed by atoms with Crippen LogP contribution in [-0.2, 0) is 10.3 Å². The van der Waals surface area contributed by atoms with Gasteiger partial charge >= 0.3 is 10.3 Å². The minimum absolute atomic E-state index is 0.0745. The van der Waals surface area contributed by atoms with Gasteiger partial charge in [0.05, 0.1) is 11.4 Å². The molecule has 0 aromatic heterocycles. The molecule has 1 aromatic carbocycles. The number of piperazine rings is 1. The number of anilines is 2. The quantitative estimate of drug-likeness (QED) is 0.821. The highest BCUT2D eigenvalue weighted by Crippen LogP contribution is 2.25. The van der Waals surface area contributed by atoms with Crippen LogP contribution in [0, 0.1) is 5.82 Å². The van der Waals surface area contributed by atoms with Gasteiger partial charge in [0.1, 0.15) is 5.82 Å². The van der Waals surface area contributed by atoms with Crippen LogP contribution in [0.15, 0.2) is 18.2 Å². The van der Waals surface area contributed by atoms with Crippen LogP contribution in [0.3, 0.4) is 0 Å². The van der Waals surface area contributed by atoms with Gasteiger partial charge in [0, 0.05) is 39.3 Å². The Labute approximate surface area is 111 Å². The van der Waals surface area contributed by atoms with Gasteiger partial charge in [-0.3, -0.25) is 8.86 Å². The van der Waals surface area contributed by atoms with Crippen LogP contribution in [0.2, 0.25) is 0 Å². The first-order valence-corrected chi connectivity index (χ1v) is 7.18. The van der Waals surface area contributed by atoms with E-state index in [1.54, 1.807) is 0 Å². The van der Waals surface area contributed by atoms with Crippen LogP contribution in [0.5, 0.6) is 0 Å². The van der Waals surface area contributed by atoms with Crippen LogP contribution >= 0.6 is 0 Å². The molecule has 1 saturated heterocycles. The fraction of sp³-hybridized carbons (Fsp3) is 0.455. The fourth-order valence-corrected chi connectivity index (χ4v) is 2.31. The number of nitrogens with zero attached hydrogens (tertiary/aromatic N) is 3. The van der Waals surface area contributed by atoms with E-state index in [1.807, 2.05) is 4.90 Å². The molecule has 2 rings (SSSR count). The molecule has 0 saturated carbocycles. The van der Waals surface area contributed by atoms with Gasteiger partial charge in [-0.15, -0.1) is 0 Å². The van der Waals surface area contributed by atoms with E-state index >= 15 is 0 Å². The number of hydrogen-bond acceptors (Lipinski definition) is 3. The van der Waals surface area contributed by atoms with Crippen molar-refractivity contribution in [3.05, 3.63) is 24.0 Å². The lowest BCUT2D eigenvalue weighted by Gasteiger charge is -2.29. The van der Waals surface area contributed by atoms with Gasteiger partial charge in [0.2, 0.25) is 0 Å². The number of hydrogen-bond donors (Lipinski definition) is 1. The summed E-state index contributed by atoms with van der Waals surface area (Å²) >= 11 is 0. The largest absolute Gasteiger partial charge is 0.366 e. The Hall–Kier alpha value is -1.38. The highest BCUT2D eigenvalue weighted by atomic mass is 32.2. The molecule has 1 radical (unpaired) electrons. The first-order valence-electron chi connectivity index (χ1n) is 5.78. The molecule has 0 unspecified atom stereocenters. The van der Waals surface area contributed by atoms with E-state index in [2.05, 4.69) is 5.32 Å². The highest BCUT2D eigenvalue weighted by molar-refractivity contribution is 7.87. The van der Waals surface area contributed by atoms with Crippen LogP contribution in [0.25, 0.3) is 0 Å². The van der Waals surface area contributed by atoms with E-state index in [-0.39, 0.29) is 5.69 Å². The number of halogens is 1. The summed E-state index contributed by atoms with van der Waals surface area (Å²) in [5.74, 6) is -0.519. The predicted molar refractivity (Wildman–Crippen MR) is 70.4 cm³/mol. The zero-order valence-corrected chi connectivity index (χ0v) is 11.3. The van der Waals surface area contributed by atoms with Crippen LogP contribution < -0.4 is 14.5 Å². The van der Waals surface area contributed by atoms with E-state index in [9.17, 15) is 12.8 Å². The van der Waals surface area contributed by atoms with Gasteiger partial charge < -0.3 is 4.90 Å². The monoisotopic (exact) mass is 288 g/mol. The van der Waals surface area contributed by atoms with Crippen molar-refractivity contribution in [2.24, 2.45) is 0 Å². The third kappa shape index (κ3) is 3.14. The van der Waals surface area contributed by atoms with Crippen molar-refractivity contribution >= 4 is 21.7 Å². The second-order valence-electron chi connectivity index (χ2n) is 4.24. The second kappa shape index (κ2) is 5.32. The number of benzene rings is 1. The van der Waals surface area contributed by atoms with Crippen molar-refractivity contribution in [1.82, 2.24) is 5.32 Å². The van der Waals surface area contributed by atoms with Gasteiger partial charge in [0.15, 0.2) is 0 Å². The van der Waals surface area contributed by atoms with Crippen LogP contribution in [-0.4, -0.2) is 46.2 Å². The maximum atomic E-state index is 14.0. The van der Waals surface area contributed by atoms with Crippen molar-refractivity contribution in [3.8, 4) is 0 Å². The average molecular weight is 288 g/mol. The molecule has 1 fully saturated rings. The Morgan fingerprint density at radius 3 is 2.53 bits per heavy atom. The Kier molecular flexibility index (Phi) is 3.93. The molecule has 1 aliphatic heterocycles. The van der Waals surface area contributed by atoms with E-state index < -0.39 is 16.1 Å². The molecular formula is C11H15FN3O3S. The lowest BCUT2D eigenvalue weighted by Crippen LogP contribution is -2.40. The van der Waals surface area contributed by atoms with Gasteiger partial charge in [0.25, 0.3) is 0 Å². The topological polar surface area (TPSA) is 75.0 Å². The summed E-state index contributed by atoms with van der Waals surface area (Å²) < 4.78 is 45.5. The molecule has 19 heavy (non-hydrogen) atoms. The normalized spacial score (nSPS) is 16.5. The van der Waals surface area contributed by atoms with E-state index in [0.29, 0.717) is 36.2 Å². The summed E-state index contributed by atoms with van der Waals surface area (Å²) in [4.78, 5) is 1.86. The summed E-state index contributed by atoms with van der Waals surface area (Å²) in [5.41, 5.74) is 0.493. The number of rotatable bonds is 3. The third-order valence-corrected chi connectivity index (χ3v) is 3.94. The summed E-state index contributed by atoms with van der Waals surface area (Å²) in [6, 6.07) is 4.06. The third-order valence-electron chi connectivity index (χ3n) is 3.04. The minimum atomic E-state index is -4.37.